The fourth-order valence-corrected chi connectivity index (χ4v) is 4.50. The standard InChI is InChI=1S/C25H31NO6S/c1-3-13-30-25(29)26-21-10-8-20(9-11-21)24-31-22(16-33-14-12-27)17(2)23(32-24)19-6-4-18(15-28)5-7-19/h3-11,17,22-24,27-28H,1,12-16H2,2H3,(H,26,29)/t17-,22+,23+,24+/m0/s1. The van der Waals surface area contributed by atoms with Crippen LogP contribution in [0.25, 0.3) is 0 Å². The van der Waals surface area contributed by atoms with Crippen molar-refractivity contribution in [1.29, 1.82) is 0 Å². The van der Waals surface area contributed by atoms with E-state index in [4.69, 9.17) is 19.3 Å². The summed E-state index contributed by atoms with van der Waals surface area (Å²) in [6, 6.07) is 15.0. The highest BCUT2D eigenvalue weighted by molar-refractivity contribution is 7.99. The normalized spacial score (nSPS) is 22.5. The lowest BCUT2D eigenvalue weighted by Gasteiger charge is -2.41. The first kappa shape index (κ1) is 25.3. The van der Waals surface area contributed by atoms with Crippen molar-refractivity contribution in [1.82, 2.24) is 0 Å². The van der Waals surface area contributed by atoms with Crippen LogP contribution >= 0.6 is 11.8 Å². The van der Waals surface area contributed by atoms with Crippen LogP contribution in [0.3, 0.4) is 0 Å². The second kappa shape index (κ2) is 12.8. The molecule has 2 aromatic rings. The predicted molar refractivity (Wildman–Crippen MR) is 129 cm³/mol. The van der Waals surface area contributed by atoms with Gasteiger partial charge in [0.2, 0.25) is 0 Å². The number of anilines is 1. The van der Waals surface area contributed by atoms with E-state index < -0.39 is 12.4 Å². The number of aliphatic hydroxyl groups excluding tert-OH is 2. The van der Waals surface area contributed by atoms with Crippen LogP contribution in [0.5, 0.6) is 0 Å². The summed E-state index contributed by atoms with van der Waals surface area (Å²) in [7, 11) is 0. The molecule has 1 saturated heterocycles. The van der Waals surface area contributed by atoms with Gasteiger partial charge in [-0.05, 0) is 23.3 Å². The molecule has 0 radical (unpaired) electrons. The van der Waals surface area contributed by atoms with E-state index in [1.54, 1.807) is 23.9 Å². The van der Waals surface area contributed by atoms with Crippen molar-refractivity contribution in [2.45, 2.75) is 32.0 Å². The third-order valence-electron chi connectivity index (χ3n) is 5.40. The Labute approximate surface area is 198 Å². The molecule has 3 N–H and O–H groups in total. The van der Waals surface area contributed by atoms with Crippen LogP contribution in [0.4, 0.5) is 10.5 Å². The van der Waals surface area contributed by atoms with Crippen LogP contribution in [-0.4, -0.2) is 47.1 Å². The van der Waals surface area contributed by atoms with E-state index >= 15 is 0 Å². The first-order chi connectivity index (χ1) is 16.0. The number of rotatable bonds is 10. The highest BCUT2D eigenvalue weighted by Crippen LogP contribution is 2.42. The van der Waals surface area contributed by atoms with E-state index in [0.717, 1.165) is 22.4 Å². The Balaban J connectivity index is 1.76. The molecule has 0 unspecified atom stereocenters. The lowest BCUT2D eigenvalue weighted by molar-refractivity contribution is -0.268. The summed E-state index contributed by atoms with van der Waals surface area (Å²) in [6.07, 6.45) is 0.112. The summed E-state index contributed by atoms with van der Waals surface area (Å²) in [6.45, 7) is 5.88. The average molecular weight is 474 g/mol. The summed E-state index contributed by atoms with van der Waals surface area (Å²) in [5.41, 5.74) is 3.30. The lowest BCUT2D eigenvalue weighted by atomic mass is 9.91. The van der Waals surface area contributed by atoms with Crippen molar-refractivity contribution in [2.24, 2.45) is 5.92 Å². The fourth-order valence-electron chi connectivity index (χ4n) is 3.59. The first-order valence-corrected chi connectivity index (χ1v) is 12.0. The molecule has 0 aromatic heterocycles. The topological polar surface area (TPSA) is 97.3 Å². The Bertz CT molecular complexity index is 889. The Morgan fingerprint density at radius 2 is 1.82 bits per heavy atom. The minimum atomic E-state index is -0.579. The Morgan fingerprint density at radius 3 is 2.45 bits per heavy atom. The van der Waals surface area contributed by atoms with Gasteiger partial charge in [-0.25, -0.2) is 4.79 Å². The molecular weight excluding hydrogens is 442 g/mol. The van der Waals surface area contributed by atoms with Crippen molar-refractivity contribution in [3.05, 3.63) is 77.9 Å². The van der Waals surface area contributed by atoms with Gasteiger partial charge >= 0.3 is 6.09 Å². The fraction of sp³-hybridized carbons (Fsp3) is 0.400. The van der Waals surface area contributed by atoms with E-state index in [9.17, 15) is 9.90 Å². The van der Waals surface area contributed by atoms with Gasteiger partial charge in [-0.1, -0.05) is 56.0 Å². The quantitative estimate of drug-likeness (QED) is 0.347. The highest BCUT2D eigenvalue weighted by atomic mass is 32.2. The number of thioether (sulfide) groups is 1. The summed E-state index contributed by atoms with van der Waals surface area (Å²) in [4.78, 5) is 11.7. The Kier molecular flexibility index (Phi) is 9.77. The molecule has 1 fully saturated rings. The maximum atomic E-state index is 11.7. The van der Waals surface area contributed by atoms with Gasteiger partial charge in [0.25, 0.3) is 0 Å². The third-order valence-corrected chi connectivity index (χ3v) is 6.44. The SMILES string of the molecule is C=CCOC(=O)Nc1ccc([C@@H]2O[C@H](CSCCO)[C@H](C)[C@H](c3ccc(CO)cc3)O2)cc1. The minimum Gasteiger partial charge on any atom is -0.445 e. The molecule has 4 atom stereocenters. The number of benzene rings is 2. The molecule has 8 heteroatoms. The molecule has 1 aliphatic rings. The molecule has 7 nitrogen and oxygen atoms in total. The lowest BCUT2D eigenvalue weighted by Crippen LogP contribution is -2.38. The summed E-state index contributed by atoms with van der Waals surface area (Å²) in [5, 5.41) is 21.2. The van der Waals surface area contributed by atoms with Gasteiger partial charge in [0.1, 0.15) is 6.61 Å². The number of hydrogen-bond acceptors (Lipinski definition) is 7. The zero-order valence-electron chi connectivity index (χ0n) is 18.7. The average Bonchev–Trinajstić information content (AvgIpc) is 2.84. The number of hydrogen-bond donors (Lipinski definition) is 3. The van der Waals surface area contributed by atoms with Crippen LogP contribution in [0.15, 0.2) is 61.2 Å². The molecule has 3 rings (SSSR count). The van der Waals surface area contributed by atoms with Crippen LogP contribution < -0.4 is 5.32 Å². The van der Waals surface area contributed by atoms with Gasteiger partial charge < -0.3 is 24.4 Å². The number of ether oxygens (including phenoxy) is 3. The molecule has 0 saturated carbocycles. The van der Waals surface area contributed by atoms with Crippen LogP contribution in [-0.2, 0) is 20.8 Å². The second-order valence-corrected chi connectivity index (χ2v) is 8.90. The van der Waals surface area contributed by atoms with E-state index in [-0.39, 0.29) is 37.9 Å². The van der Waals surface area contributed by atoms with Crippen LogP contribution in [0, 0.1) is 5.92 Å². The molecule has 1 heterocycles. The molecule has 1 amide bonds. The molecule has 178 valence electrons. The summed E-state index contributed by atoms with van der Waals surface area (Å²) < 4.78 is 17.6. The molecule has 0 spiro atoms. The van der Waals surface area contributed by atoms with Crippen molar-refractivity contribution in [2.75, 3.05) is 30.0 Å². The number of amides is 1. The molecule has 0 bridgehead atoms. The molecular formula is C25H31NO6S. The summed E-state index contributed by atoms with van der Waals surface area (Å²) in [5.74, 6) is 1.48. The maximum absolute atomic E-state index is 11.7. The van der Waals surface area contributed by atoms with Crippen molar-refractivity contribution < 1.29 is 29.2 Å². The maximum Gasteiger partial charge on any atom is 0.411 e. The predicted octanol–water partition coefficient (Wildman–Crippen LogP) is 4.43. The molecule has 33 heavy (non-hydrogen) atoms. The second-order valence-electron chi connectivity index (χ2n) is 7.75. The van der Waals surface area contributed by atoms with Crippen molar-refractivity contribution in [3.63, 3.8) is 0 Å². The molecule has 1 aliphatic heterocycles. The minimum absolute atomic E-state index is 0.00493. The van der Waals surface area contributed by atoms with Gasteiger partial charge in [-0.15, -0.1) is 0 Å². The van der Waals surface area contributed by atoms with Crippen LogP contribution in [0.1, 0.15) is 36.0 Å². The zero-order chi connectivity index (χ0) is 23.6. The van der Waals surface area contributed by atoms with Gasteiger partial charge in [-0.3, -0.25) is 5.32 Å². The van der Waals surface area contributed by atoms with Crippen molar-refractivity contribution >= 4 is 23.5 Å². The van der Waals surface area contributed by atoms with E-state index in [2.05, 4.69) is 18.8 Å². The van der Waals surface area contributed by atoms with Gasteiger partial charge in [0, 0.05) is 28.7 Å². The van der Waals surface area contributed by atoms with E-state index in [1.807, 2.05) is 36.4 Å². The highest BCUT2D eigenvalue weighted by Gasteiger charge is 2.38. The first-order valence-electron chi connectivity index (χ1n) is 10.9. The Hall–Kier alpha value is -2.36. The number of nitrogens with one attached hydrogen (secondary N) is 1. The monoisotopic (exact) mass is 473 g/mol. The van der Waals surface area contributed by atoms with Gasteiger partial charge in [0.05, 0.1) is 25.4 Å². The van der Waals surface area contributed by atoms with Gasteiger partial charge in [-0.2, -0.15) is 11.8 Å². The number of aliphatic hydroxyl groups is 2. The zero-order valence-corrected chi connectivity index (χ0v) is 19.5. The molecule has 2 aromatic carbocycles. The third kappa shape index (κ3) is 7.06. The largest absolute Gasteiger partial charge is 0.445 e. The van der Waals surface area contributed by atoms with Gasteiger partial charge in [0.15, 0.2) is 6.29 Å². The van der Waals surface area contributed by atoms with Crippen molar-refractivity contribution in [3.8, 4) is 0 Å². The smallest absolute Gasteiger partial charge is 0.411 e. The number of carbonyl (C=O) groups is 1. The van der Waals surface area contributed by atoms with E-state index in [1.165, 1.54) is 6.08 Å². The van der Waals surface area contributed by atoms with E-state index in [0.29, 0.717) is 11.4 Å². The Morgan fingerprint density at radius 1 is 1.12 bits per heavy atom. The summed E-state index contributed by atoms with van der Waals surface area (Å²) >= 11 is 1.65. The number of carbonyl (C=O) groups excluding carboxylic acids is 1. The molecule has 0 aliphatic carbocycles. The van der Waals surface area contributed by atoms with Crippen LogP contribution in [0.2, 0.25) is 0 Å².